The first-order chi connectivity index (χ1) is 10.1. The highest BCUT2D eigenvalue weighted by atomic mass is 16.2. The maximum Gasteiger partial charge on any atom is 0.255 e. The summed E-state index contributed by atoms with van der Waals surface area (Å²) in [5.74, 6) is 0.0798. The number of nitrogens with zero attached hydrogens (tertiary/aromatic N) is 3. The lowest BCUT2D eigenvalue weighted by Crippen LogP contribution is -2.49. The van der Waals surface area contributed by atoms with E-state index in [4.69, 9.17) is 5.73 Å². The second-order valence-corrected chi connectivity index (χ2v) is 6.19. The Hall–Kier alpha value is -1.62. The molecule has 0 aromatic carbocycles. The first-order valence-electron chi connectivity index (χ1n) is 7.90. The van der Waals surface area contributed by atoms with Gasteiger partial charge in [0.2, 0.25) is 0 Å². The predicted octanol–water partition coefficient (Wildman–Crippen LogP) is 1.67. The molecule has 2 aliphatic heterocycles. The number of aromatic nitrogens is 1. The van der Waals surface area contributed by atoms with E-state index in [2.05, 4.69) is 9.88 Å². The van der Waals surface area contributed by atoms with Crippen LogP contribution >= 0.6 is 0 Å². The molecule has 3 heterocycles. The maximum absolute atomic E-state index is 12.7. The monoisotopic (exact) mass is 288 g/mol. The van der Waals surface area contributed by atoms with Crippen molar-refractivity contribution in [2.24, 2.45) is 0 Å². The fourth-order valence-corrected chi connectivity index (χ4v) is 3.48. The van der Waals surface area contributed by atoms with Gasteiger partial charge < -0.3 is 10.6 Å². The highest BCUT2D eigenvalue weighted by Crippen LogP contribution is 2.22. The number of rotatable bonds is 2. The lowest BCUT2D eigenvalue weighted by atomic mass is 10.0. The summed E-state index contributed by atoms with van der Waals surface area (Å²) in [5, 5.41) is 0. The number of carbonyl (C=O) groups is 1. The number of hydrogen-bond acceptors (Lipinski definition) is 4. The number of nitrogens with two attached hydrogens (primary N) is 1. The molecular weight excluding hydrogens is 264 g/mol. The Balaban J connectivity index is 1.73. The van der Waals surface area contributed by atoms with Crippen molar-refractivity contribution in [2.45, 2.75) is 38.6 Å². The van der Waals surface area contributed by atoms with Crippen LogP contribution in [0.25, 0.3) is 0 Å². The minimum absolute atomic E-state index is 0.0798. The van der Waals surface area contributed by atoms with E-state index in [1.807, 2.05) is 11.8 Å². The Morgan fingerprint density at radius 3 is 2.81 bits per heavy atom. The summed E-state index contributed by atoms with van der Waals surface area (Å²) >= 11 is 0. The summed E-state index contributed by atoms with van der Waals surface area (Å²) < 4.78 is 0. The summed E-state index contributed by atoms with van der Waals surface area (Å²) in [7, 11) is 0. The second-order valence-electron chi connectivity index (χ2n) is 6.19. The number of carbonyl (C=O) groups excluding carboxylic acids is 1. The van der Waals surface area contributed by atoms with E-state index in [0.29, 0.717) is 17.3 Å². The Morgan fingerprint density at radius 1 is 1.29 bits per heavy atom. The quantitative estimate of drug-likeness (QED) is 0.899. The van der Waals surface area contributed by atoms with E-state index in [1.54, 1.807) is 12.3 Å². The molecule has 0 bridgehead atoms. The highest BCUT2D eigenvalue weighted by Gasteiger charge is 2.30. The highest BCUT2D eigenvalue weighted by molar-refractivity contribution is 5.96. The molecule has 114 valence electrons. The lowest BCUT2D eigenvalue weighted by Gasteiger charge is -2.37. The van der Waals surface area contributed by atoms with Crippen molar-refractivity contribution in [2.75, 3.05) is 31.9 Å². The minimum atomic E-state index is 0.0798. The summed E-state index contributed by atoms with van der Waals surface area (Å²) in [4.78, 5) is 21.5. The predicted molar refractivity (Wildman–Crippen MR) is 83.1 cm³/mol. The zero-order valence-electron chi connectivity index (χ0n) is 12.7. The van der Waals surface area contributed by atoms with E-state index in [-0.39, 0.29) is 5.91 Å². The van der Waals surface area contributed by atoms with Crippen LogP contribution in [0.15, 0.2) is 12.3 Å². The van der Waals surface area contributed by atoms with E-state index < -0.39 is 0 Å². The molecule has 1 aromatic rings. The molecule has 0 aliphatic carbocycles. The third-order valence-corrected chi connectivity index (χ3v) is 4.68. The third-order valence-electron chi connectivity index (χ3n) is 4.68. The van der Waals surface area contributed by atoms with E-state index in [9.17, 15) is 4.79 Å². The summed E-state index contributed by atoms with van der Waals surface area (Å²) in [6.45, 7) is 5.93. The third kappa shape index (κ3) is 3.02. The van der Waals surface area contributed by atoms with Crippen molar-refractivity contribution in [3.63, 3.8) is 0 Å². The van der Waals surface area contributed by atoms with Gasteiger partial charge in [0.15, 0.2) is 0 Å². The largest absolute Gasteiger partial charge is 0.397 e. The van der Waals surface area contributed by atoms with E-state index >= 15 is 0 Å². The van der Waals surface area contributed by atoms with Crippen LogP contribution in [0.5, 0.6) is 0 Å². The van der Waals surface area contributed by atoms with Gasteiger partial charge >= 0.3 is 0 Å². The van der Waals surface area contributed by atoms with Gasteiger partial charge in [-0.15, -0.1) is 0 Å². The molecule has 2 fully saturated rings. The van der Waals surface area contributed by atoms with Gasteiger partial charge in [-0.1, -0.05) is 0 Å². The number of amides is 1. The Kier molecular flexibility index (Phi) is 4.10. The smallest absolute Gasteiger partial charge is 0.255 e. The van der Waals surface area contributed by atoms with E-state index in [0.717, 1.165) is 25.2 Å². The summed E-state index contributed by atoms with van der Waals surface area (Å²) in [5.41, 5.74) is 7.74. The van der Waals surface area contributed by atoms with Gasteiger partial charge in [-0.3, -0.25) is 14.7 Å². The molecule has 5 heteroatoms. The van der Waals surface area contributed by atoms with Crippen LogP contribution in [0.3, 0.4) is 0 Å². The molecule has 1 amide bonds. The summed E-state index contributed by atoms with van der Waals surface area (Å²) in [6.07, 6.45) is 6.49. The number of pyridine rings is 1. The number of aryl methyl sites for hydroxylation is 1. The molecule has 0 spiro atoms. The molecule has 3 rings (SSSR count). The molecule has 1 aromatic heterocycles. The van der Waals surface area contributed by atoms with Crippen LogP contribution in [-0.4, -0.2) is 52.9 Å². The molecule has 2 aliphatic rings. The molecule has 0 saturated carbocycles. The average molecular weight is 288 g/mol. The number of piperidine rings is 1. The van der Waals surface area contributed by atoms with Gasteiger partial charge in [-0.25, -0.2) is 0 Å². The molecule has 21 heavy (non-hydrogen) atoms. The zero-order chi connectivity index (χ0) is 14.8. The van der Waals surface area contributed by atoms with Crippen molar-refractivity contribution in [3.8, 4) is 0 Å². The van der Waals surface area contributed by atoms with Crippen LogP contribution in [0.1, 0.15) is 41.7 Å². The fourth-order valence-electron chi connectivity index (χ4n) is 3.48. The van der Waals surface area contributed by atoms with E-state index in [1.165, 1.54) is 32.4 Å². The number of anilines is 1. The van der Waals surface area contributed by atoms with Crippen LogP contribution in [0.4, 0.5) is 5.69 Å². The van der Waals surface area contributed by atoms with Crippen molar-refractivity contribution < 1.29 is 4.79 Å². The van der Waals surface area contributed by atoms with Gasteiger partial charge in [0.05, 0.1) is 23.1 Å². The first-order valence-corrected chi connectivity index (χ1v) is 7.90. The van der Waals surface area contributed by atoms with Crippen molar-refractivity contribution in [3.05, 3.63) is 23.5 Å². The van der Waals surface area contributed by atoms with Crippen molar-refractivity contribution in [1.29, 1.82) is 0 Å². The SMILES string of the molecule is Cc1ncc(N)cc1C(=O)N1CCCC(N2CCCC2)C1. The topological polar surface area (TPSA) is 62.5 Å². The molecule has 5 nitrogen and oxygen atoms in total. The molecular formula is C16H24N4O. The van der Waals surface area contributed by atoms with Crippen molar-refractivity contribution in [1.82, 2.24) is 14.8 Å². The minimum Gasteiger partial charge on any atom is -0.397 e. The first kappa shape index (κ1) is 14.3. The van der Waals surface area contributed by atoms with Crippen LogP contribution in [0.2, 0.25) is 0 Å². The van der Waals surface area contributed by atoms with Gasteiger partial charge in [0.1, 0.15) is 0 Å². The second kappa shape index (κ2) is 6.02. The summed E-state index contributed by atoms with van der Waals surface area (Å²) in [6, 6.07) is 2.28. The lowest BCUT2D eigenvalue weighted by molar-refractivity contribution is 0.0607. The normalized spacial score (nSPS) is 23.5. The Bertz CT molecular complexity index is 525. The number of likely N-dealkylation sites (tertiary alicyclic amines) is 2. The molecule has 1 atom stereocenters. The number of nitrogen functional groups attached to an aromatic ring is 1. The fraction of sp³-hybridized carbons (Fsp3) is 0.625. The molecule has 1 unspecified atom stereocenters. The standard InChI is InChI=1S/C16H24N4O/c1-12-15(9-13(17)10-18-12)16(21)20-8-4-5-14(11-20)19-6-2-3-7-19/h9-10,14H,2-8,11,17H2,1H3. The zero-order valence-corrected chi connectivity index (χ0v) is 12.7. The molecule has 2 saturated heterocycles. The number of hydrogen-bond donors (Lipinski definition) is 1. The van der Waals surface area contributed by atoms with Crippen molar-refractivity contribution >= 4 is 11.6 Å². The molecule has 0 radical (unpaired) electrons. The Morgan fingerprint density at radius 2 is 2.05 bits per heavy atom. The van der Waals surface area contributed by atoms with Gasteiger partial charge in [0, 0.05) is 19.1 Å². The Labute approximate surface area is 126 Å². The van der Waals surface area contributed by atoms with Crippen LogP contribution in [-0.2, 0) is 0 Å². The van der Waals surface area contributed by atoms with Gasteiger partial charge in [-0.05, 0) is 51.8 Å². The molecule has 2 N–H and O–H groups in total. The maximum atomic E-state index is 12.7. The van der Waals surface area contributed by atoms with Crippen LogP contribution in [0, 0.1) is 6.92 Å². The van der Waals surface area contributed by atoms with Gasteiger partial charge in [-0.2, -0.15) is 0 Å². The van der Waals surface area contributed by atoms with Gasteiger partial charge in [0.25, 0.3) is 5.91 Å². The van der Waals surface area contributed by atoms with Crippen LogP contribution < -0.4 is 5.73 Å². The average Bonchev–Trinajstić information content (AvgIpc) is 3.03.